The maximum Gasteiger partial charge on any atom is 0.0865 e. The molecule has 15 heavy (non-hydrogen) atoms. The van der Waals surface area contributed by atoms with Gasteiger partial charge in [-0.3, -0.25) is 4.90 Å². The summed E-state index contributed by atoms with van der Waals surface area (Å²) >= 11 is 5.81. The zero-order valence-corrected chi connectivity index (χ0v) is 9.83. The van der Waals surface area contributed by atoms with Crippen molar-refractivity contribution in [3.05, 3.63) is 34.9 Å². The zero-order chi connectivity index (χ0) is 11.3. The van der Waals surface area contributed by atoms with Crippen LogP contribution in [-0.2, 0) is 6.42 Å². The Hall–Kier alpha value is -1.04. The van der Waals surface area contributed by atoms with Crippen molar-refractivity contribution >= 4 is 11.6 Å². The van der Waals surface area contributed by atoms with Gasteiger partial charge in [-0.15, -0.1) is 0 Å². The predicted molar refractivity (Wildman–Crippen MR) is 62.9 cm³/mol. The smallest absolute Gasteiger partial charge is 0.0865 e. The molecule has 0 bridgehead atoms. The summed E-state index contributed by atoms with van der Waals surface area (Å²) in [6, 6.07) is 10.4. The van der Waals surface area contributed by atoms with Gasteiger partial charge in [0.25, 0.3) is 0 Å². The second-order valence-electron chi connectivity index (χ2n) is 3.75. The van der Waals surface area contributed by atoms with Crippen molar-refractivity contribution in [2.45, 2.75) is 19.4 Å². The highest BCUT2D eigenvalue weighted by atomic mass is 35.5. The molecule has 0 fully saturated rings. The molecule has 0 saturated carbocycles. The normalized spacial score (nSPS) is 12.5. The molecule has 0 heterocycles. The first-order valence-corrected chi connectivity index (χ1v) is 5.33. The number of nitriles is 1. The first-order chi connectivity index (χ1) is 7.13. The van der Waals surface area contributed by atoms with Gasteiger partial charge in [0, 0.05) is 11.1 Å². The molecule has 0 N–H and O–H groups in total. The number of likely N-dealkylation sites (N-methyl/N-ethyl adjacent to an activating group) is 1. The highest BCUT2D eigenvalue weighted by Crippen LogP contribution is 2.12. The van der Waals surface area contributed by atoms with Crippen LogP contribution in [0, 0.1) is 11.3 Å². The van der Waals surface area contributed by atoms with Crippen molar-refractivity contribution in [3.8, 4) is 6.07 Å². The molecule has 0 radical (unpaired) electrons. The van der Waals surface area contributed by atoms with Gasteiger partial charge >= 0.3 is 0 Å². The van der Waals surface area contributed by atoms with E-state index < -0.39 is 0 Å². The first-order valence-electron chi connectivity index (χ1n) is 4.95. The fourth-order valence-electron chi connectivity index (χ4n) is 1.38. The molecule has 0 saturated heterocycles. The highest BCUT2D eigenvalue weighted by Gasteiger charge is 2.08. The van der Waals surface area contributed by atoms with Crippen molar-refractivity contribution in [1.82, 2.24) is 4.90 Å². The number of hydrogen-bond donors (Lipinski definition) is 0. The summed E-state index contributed by atoms with van der Waals surface area (Å²) in [5.74, 6) is 0. The van der Waals surface area contributed by atoms with Crippen LogP contribution in [0.15, 0.2) is 24.3 Å². The Morgan fingerprint density at radius 1 is 1.40 bits per heavy atom. The van der Waals surface area contributed by atoms with Gasteiger partial charge in [0.15, 0.2) is 0 Å². The Morgan fingerprint density at radius 3 is 2.53 bits per heavy atom. The third kappa shape index (κ3) is 3.91. The minimum Gasteiger partial charge on any atom is -0.291 e. The molecule has 1 rings (SSSR count). The number of benzene rings is 1. The third-order valence-electron chi connectivity index (χ3n) is 2.52. The summed E-state index contributed by atoms with van der Waals surface area (Å²) in [6.07, 6.45) is 0.940. The Bertz CT molecular complexity index is 340. The van der Waals surface area contributed by atoms with Crippen LogP contribution in [-0.4, -0.2) is 24.5 Å². The van der Waals surface area contributed by atoms with E-state index in [-0.39, 0.29) is 0 Å². The lowest BCUT2D eigenvalue weighted by Gasteiger charge is -2.21. The molecule has 0 aliphatic rings. The van der Waals surface area contributed by atoms with Crippen LogP contribution < -0.4 is 0 Å². The Labute approximate surface area is 96.1 Å². The molecule has 80 valence electrons. The third-order valence-corrected chi connectivity index (χ3v) is 2.77. The molecule has 0 aliphatic carbocycles. The van der Waals surface area contributed by atoms with E-state index in [1.165, 1.54) is 5.56 Å². The van der Waals surface area contributed by atoms with Crippen molar-refractivity contribution in [3.63, 3.8) is 0 Å². The molecule has 3 heteroatoms. The average molecular weight is 223 g/mol. The van der Waals surface area contributed by atoms with Crippen molar-refractivity contribution in [2.24, 2.45) is 0 Å². The number of hydrogen-bond acceptors (Lipinski definition) is 2. The Morgan fingerprint density at radius 2 is 2.00 bits per heavy atom. The standard InChI is InChI=1S/C12H15ClN2/c1-10(15(2)8-7-14)9-11-3-5-12(13)6-4-11/h3-6,10H,8-9H2,1-2H3. The van der Waals surface area contributed by atoms with Gasteiger partial charge in [-0.05, 0) is 38.1 Å². The molecule has 2 nitrogen and oxygen atoms in total. The van der Waals surface area contributed by atoms with Gasteiger partial charge in [-0.2, -0.15) is 5.26 Å². The van der Waals surface area contributed by atoms with E-state index in [0.29, 0.717) is 12.6 Å². The number of nitrogens with zero attached hydrogens (tertiary/aromatic N) is 2. The van der Waals surface area contributed by atoms with E-state index in [4.69, 9.17) is 16.9 Å². The second-order valence-corrected chi connectivity index (χ2v) is 4.19. The van der Waals surface area contributed by atoms with Crippen molar-refractivity contribution in [2.75, 3.05) is 13.6 Å². The summed E-state index contributed by atoms with van der Waals surface area (Å²) in [6.45, 7) is 2.58. The fourth-order valence-corrected chi connectivity index (χ4v) is 1.51. The molecule has 0 aliphatic heterocycles. The van der Waals surface area contributed by atoms with Crippen LogP contribution in [0.25, 0.3) is 0 Å². The van der Waals surface area contributed by atoms with Gasteiger partial charge in [0.05, 0.1) is 12.6 Å². The Kier molecular flexibility index (Phi) is 4.61. The van der Waals surface area contributed by atoms with Crippen LogP contribution in [0.2, 0.25) is 5.02 Å². The molecular weight excluding hydrogens is 208 g/mol. The summed E-state index contributed by atoms with van der Waals surface area (Å²) in [4.78, 5) is 2.04. The lowest BCUT2D eigenvalue weighted by atomic mass is 10.1. The quantitative estimate of drug-likeness (QED) is 0.733. The van der Waals surface area contributed by atoms with E-state index in [1.54, 1.807) is 0 Å². The van der Waals surface area contributed by atoms with Crippen molar-refractivity contribution in [1.29, 1.82) is 5.26 Å². The van der Waals surface area contributed by atoms with Crippen LogP contribution in [0.5, 0.6) is 0 Å². The van der Waals surface area contributed by atoms with E-state index in [9.17, 15) is 0 Å². The van der Waals surface area contributed by atoms with Gasteiger partial charge in [-0.25, -0.2) is 0 Å². The molecular formula is C12H15ClN2. The molecule has 0 aromatic heterocycles. The van der Waals surface area contributed by atoms with Crippen LogP contribution >= 0.6 is 11.6 Å². The zero-order valence-electron chi connectivity index (χ0n) is 9.07. The largest absolute Gasteiger partial charge is 0.291 e. The second kappa shape index (κ2) is 5.75. The molecule has 1 unspecified atom stereocenters. The monoisotopic (exact) mass is 222 g/mol. The molecule has 1 atom stereocenters. The molecule has 1 aromatic carbocycles. The van der Waals surface area contributed by atoms with Crippen molar-refractivity contribution < 1.29 is 0 Å². The minimum absolute atomic E-state index is 0.367. The lowest BCUT2D eigenvalue weighted by Crippen LogP contribution is -2.31. The number of rotatable bonds is 4. The highest BCUT2D eigenvalue weighted by molar-refractivity contribution is 6.30. The first kappa shape index (κ1) is 12.0. The van der Waals surface area contributed by atoms with Gasteiger partial charge < -0.3 is 0 Å². The maximum absolute atomic E-state index is 8.58. The summed E-state index contributed by atoms with van der Waals surface area (Å²) in [5.41, 5.74) is 1.25. The lowest BCUT2D eigenvalue weighted by molar-refractivity contribution is 0.286. The minimum atomic E-state index is 0.367. The van der Waals surface area contributed by atoms with E-state index in [1.807, 2.05) is 36.2 Å². The van der Waals surface area contributed by atoms with Crippen LogP contribution in [0.4, 0.5) is 0 Å². The molecule has 0 spiro atoms. The maximum atomic E-state index is 8.58. The van der Waals surface area contributed by atoms with E-state index in [2.05, 4.69) is 13.0 Å². The van der Waals surface area contributed by atoms with Gasteiger partial charge in [0.1, 0.15) is 0 Å². The topological polar surface area (TPSA) is 27.0 Å². The molecule has 1 aromatic rings. The van der Waals surface area contributed by atoms with E-state index in [0.717, 1.165) is 11.4 Å². The van der Waals surface area contributed by atoms with Crippen LogP contribution in [0.3, 0.4) is 0 Å². The van der Waals surface area contributed by atoms with Crippen LogP contribution in [0.1, 0.15) is 12.5 Å². The Balaban J connectivity index is 2.55. The summed E-state index contributed by atoms with van der Waals surface area (Å²) < 4.78 is 0. The van der Waals surface area contributed by atoms with Gasteiger partial charge in [-0.1, -0.05) is 23.7 Å². The number of halogens is 1. The summed E-state index contributed by atoms with van der Waals surface area (Å²) in [7, 11) is 1.96. The van der Waals surface area contributed by atoms with Gasteiger partial charge in [0.2, 0.25) is 0 Å². The SMILES string of the molecule is CC(Cc1ccc(Cl)cc1)N(C)CC#N. The molecule has 0 amide bonds. The average Bonchev–Trinajstić information content (AvgIpc) is 2.22. The summed E-state index contributed by atoms with van der Waals surface area (Å²) in [5, 5.41) is 9.34. The fraction of sp³-hybridized carbons (Fsp3) is 0.417. The predicted octanol–water partition coefficient (Wildman–Crippen LogP) is 2.73. The van der Waals surface area contributed by atoms with E-state index >= 15 is 0 Å².